The van der Waals surface area contributed by atoms with E-state index in [2.05, 4.69) is 17.5 Å². The molecule has 16 heavy (non-hydrogen) atoms. The van der Waals surface area contributed by atoms with Crippen molar-refractivity contribution in [3.8, 4) is 0 Å². The van der Waals surface area contributed by atoms with Crippen LogP contribution in [0.15, 0.2) is 12.2 Å². The van der Waals surface area contributed by atoms with Crippen molar-refractivity contribution in [2.24, 2.45) is 17.8 Å². The van der Waals surface area contributed by atoms with E-state index in [-0.39, 0.29) is 11.8 Å². The third kappa shape index (κ3) is 2.62. The highest BCUT2D eigenvalue weighted by molar-refractivity contribution is 5.79. The number of allylic oxidation sites excluding steroid dienone is 2. The normalized spacial score (nSPS) is 31.3. The van der Waals surface area contributed by atoms with Crippen molar-refractivity contribution in [3.05, 3.63) is 12.2 Å². The van der Waals surface area contributed by atoms with E-state index >= 15 is 0 Å². The summed E-state index contributed by atoms with van der Waals surface area (Å²) in [4.78, 5) is 11.8. The second-order valence-corrected chi connectivity index (χ2v) is 4.80. The predicted octanol–water partition coefficient (Wildman–Crippen LogP) is 0.406. The number of hydrogen-bond donors (Lipinski definition) is 3. The predicted molar refractivity (Wildman–Crippen MR) is 59.3 cm³/mol. The van der Waals surface area contributed by atoms with Gasteiger partial charge in [0.15, 0.2) is 6.29 Å². The van der Waals surface area contributed by atoms with Crippen LogP contribution in [0.25, 0.3) is 0 Å². The maximum Gasteiger partial charge on any atom is 0.223 e. The molecule has 1 saturated carbocycles. The summed E-state index contributed by atoms with van der Waals surface area (Å²) in [6.07, 6.45) is 6.16. The molecule has 4 heteroatoms. The molecule has 0 aromatic heterocycles. The fourth-order valence-electron chi connectivity index (χ4n) is 2.71. The van der Waals surface area contributed by atoms with E-state index in [4.69, 9.17) is 10.2 Å². The fraction of sp³-hybridized carbons (Fsp3) is 0.750. The summed E-state index contributed by atoms with van der Waals surface area (Å²) in [5.41, 5.74) is 0. The number of aliphatic hydroxyl groups is 2. The molecular weight excluding hydrogens is 206 g/mol. The minimum absolute atomic E-state index is 0.129. The lowest BCUT2D eigenvalue weighted by molar-refractivity contribution is -0.125. The summed E-state index contributed by atoms with van der Waals surface area (Å²) in [5, 5.41) is 20.2. The van der Waals surface area contributed by atoms with Crippen molar-refractivity contribution in [1.82, 2.24) is 5.32 Å². The first kappa shape index (κ1) is 11.6. The van der Waals surface area contributed by atoms with Crippen LogP contribution < -0.4 is 5.32 Å². The summed E-state index contributed by atoms with van der Waals surface area (Å²) < 4.78 is 0. The van der Waals surface area contributed by atoms with Crippen molar-refractivity contribution in [2.75, 3.05) is 6.54 Å². The van der Waals surface area contributed by atoms with Crippen LogP contribution in [0.5, 0.6) is 0 Å². The van der Waals surface area contributed by atoms with Gasteiger partial charge in [0.2, 0.25) is 5.91 Å². The average Bonchev–Trinajstić information content (AvgIpc) is 2.85. The number of fused-ring (bicyclic) bond motifs is 2. The van der Waals surface area contributed by atoms with Gasteiger partial charge in [-0.25, -0.2) is 0 Å². The number of amides is 1. The van der Waals surface area contributed by atoms with Crippen molar-refractivity contribution in [1.29, 1.82) is 0 Å². The summed E-state index contributed by atoms with van der Waals surface area (Å²) in [5.74, 6) is 1.33. The standard InChI is InChI=1S/C12H19NO3/c14-11(15)2-1-5-13-12(16)10-7-8-3-4-9(10)6-8/h3-4,8-11,14-15H,1-2,5-7H2,(H,13,16). The van der Waals surface area contributed by atoms with Crippen molar-refractivity contribution >= 4 is 5.91 Å². The molecule has 2 aliphatic rings. The summed E-state index contributed by atoms with van der Waals surface area (Å²) in [6, 6.07) is 0. The van der Waals surface area contributed by atoms with Crippen LogP contribution in [0.2, 0.25) is 0 Å². The van der Waals surface area contributed by atoms with E-state index in [9.17, 15) is 4.79 Å². The summed E-state index contributed by atoms with van der Waals surface area (Å²) in [7, 11) is 0. The molecule has 3 N–H and O–H groups in total. The molecule has 2 aliphatic carbocycles. The molecule has 0 aliphatic heterocycles. The zero-order valence-corrected chi connectivity index (χ0v) is 9.30. The molecule has 0 saturated heterocycles. The molecule has 4 nitrogen and oxygen atoms in total. The lowest BCUT2D eigenvalue weighted by atomic mass is 9.93. The Bertz CT molecular complexity index is 288. The number of hydrogen-bond acceptors (Lipinski definition) is 3. The lowest BCUT2D eigenvalue weighted by Crippen LogP contribution is -2.33. The zero-order chi connectivity index (χ0) is 11.5. The molecule has 0 spiro atoms. The Labute approximate surface area is 95.4 Å². The Hall–Kier alpha value is -0.870. The fourth-order valence-corrected chi connectivity index (χ4v) is 2.71. The third-order valence-electron chi connectivity index (χ3n) is 3.55. The van der Waals surface area contributed by atoms with E-state index in [1.807, 2.05) is 0 Å². The van der Waals surface area contributed by atoms with Crippen LogP contribution in [-0.2, 0) is 4.79 Å². The zero-order valence-electron chi connectivity index (χ0n) is 9.30. The molecule has 2 bridgehead atoms. The molecule has 0 aromatic rings. The molecule has 3 atom stereocenters. The van der Waals surface area contributed by atoms with Gasteiger partial charge in [0, 0.05) is 12.5 Å². The highest BCUT2D eigenvalue weighted by Gasteiger charge is 2.39. The highest BCUT2D eigenvalue weighted by atomic mass is 16.5. The minimum atomic E-state index is -1.26. The molecule has 0 aromatic carbocycles. The maximum atomic E-state index is 11.8. The van der Waals surface area contributed by atoms with E-state index < -0.39 is 6.29 Å². The molecule has 90 valence electrons. The van der Waals surface area contributed by atoms with Crippen LogP contribution in [0.4, 0.5) is 0 Å². The molecule has 0 radical (unpaired) electrons. The van der Waals surface area contributed by atoms with Crippen LogP contribution in [-0.4, -0.2) is 29.0 Å². The average molecular weight is 225 g/mol. The van der Waals surface area contributed by atoms with Gasteiger partial charge in [0.25, 0.3) is 0 Å². The van der Waals surface area contributed by atoms with Gasteiger partial charge in [-0.1, -0.05) is 12.2 Å². The SMILES string of the molecule is O=C(NCCCC(O)O)C1CC2C=CC1C2. The Morgan fingerprint density at radius 1 is 1.38 bits per heavy atom. The van der Waals surface area contributed by atoms with Crippen LogP contribution >= 0.6 is 0 Å². The first-order chi connectivity index (χ1) is 7.66. The second-order valence-electron chi connectivity index (χ2n) is 4.80. The highest BCUT2D eigenvalue weighted by Crippen LogP contribution is 2.43. The Kier molecular flexibility index (Phi) is 3.61. The lowest BCUT2D eigenvalue weighted by Gasteiger charge is -2.17. The van der Waals surface area contributed by atoms with Gasteiger partial charge in [0.1, 0.15) is 0 Å². The van der Waals surface area contributed by atoms with E-state index in [0.29, 0.717) is 31.2 Å². The third-order valence-corrected chi connectivity index (χ3v) is 3.55. The molecule has 2 rings (SSSR count). The van der Waals surface area contributed by atoms with Gasteiger partial charge >= 0.3 is 0 Å². The van der Waals surface area contributed by atoms with E-state index in [1.165, 1.54) is 0 Å². The van der Waals surface area contributed by atoms with Crippen molar-refractivity contribution in [3.63, 3.8) is 0 Å². The molecular formula is C12H19NO3. The first-order valence-electron chi connectivity index (χ1n) is 5.99. The quantitative estimate of drug-likeness (QED) is 0.360. The smallest absolute Gasteiger partial charge is 0.223 e. The van der Waals surface area contributed by atoms with Gasteiger partial charge in [-0.2, -0.15) is 0 Å². The molecule has 0 heterocycles. The topological polar surface area (TPSA) is 69.6 Å². The Balaban J connectivity index is 1.67. The number of carbonyl (C=O) groups excluding carboxylic acids is 1. The molecule has 3 unspecified atom stereocenters. The minimum Gasteiger partial charge on any atom is -0.368 e. The van der Waals surface area contributed by atoms with Gasteiger partial charge in [-0.3, -0.25) is 4.79 Å². The molecule has 1 fully saturated rings. The number of rotatable bonds is 5. The number of aliphatic hydroxyl groups excluding tert-OH is 1. The van der Waals surface area contributed by atoms with Crippen LogP contribution in [0.1, 0.15) is 25.7 Å². The Morgan fingerprint density at radius 2 is 2.19 bits per heavy atom. The van der Waals surface area contributed by atoms with Gasteiger partial charge in [-0.15, -0.1) is 0 Å². The van der Waals surface area contributed by atoms with Crippen LogP contribution in [0.3, 0.4) is 0 Å². The number of nitrogens with one attached hydrogen (secondary N) is 1. The first-order valence-corrected chi connectivity index (χ1v) is 5.99. The van der Waals surface area contributed by atoms with Crippen molar-refractivity contribution in [2.45, 2.75) is 32.0 Å². The maximum absolute atomic E-state index is 11.8. The molecule has 1 amide bonds. The summed E-state index contributed by atoms with van der Waals surface area (Å²) in [6.45, 7) is 0.536. The second kappa shape index (κ2) is 4.97. The van der Waals surface area contributed by atoms with Crippen molar-refractivity contribution < 1.29 is 15.0 Å². The van der Waals surface area contributed by atoms with Gasteiger partial charge in [0.05, 0.1) is 0 Å². The monoisotopic (exact) mass is 225 g/mol. The van der Waals surface area contributed by atoms with Crippen LogP contribution in [0, 0.1) is 17.8 Å². The van der Waals surface area contributed by atoms with Gasteiger partial charge < -0.3 is 15.5 Å². The largest absolute Gasteiger partial charge is 0.368 e. The number of carbonyl (C=O) groups is 1. The Morgan fingerprint density at radius 3 is 2.75 bits per heavy atom. The van der Waals surface area contributed by atoms with E-state index in [0.717, 1.165) is 12.8 Å². The summed E-state index contributed by atoms with van der Waals surface area (Å²) >= 11 is 0. The van der Waals surface area contributed by atoms with Gasteiger partial charge in [-0.05, 0) is 37.5 Å². The van der Waals surface area contributed by atoms with E-state index in [1.54, 1.807) is 0 Å².